The number of fused-ring (bicyclic) bond motifs is 1. The Hall–Kier alpha value is -0.870. The summed E-state index contributed by atoms with van der Waals surface area (Å²) >= 11 is 3.47. The number of halogens is 1. The van der Waals surface area contributed by atoms with E-state index >= 15 is 0 Å². The van der Waals surface area contributed by atoms with E-state index in [1.54, 1.807) is 0 Å². The van der Waals surface area contributed by atoms with Crippen LogP contribution in [0, 0.1) is 0 Å². The first kappa shape index (κ1) is 11.6. The van der Waals surface area contributed by atoms with Gasteiger partial charge in [-0.2, -0.15) is 0 Å². The van der Waals surface area contributed by atoms with Crippen LogP contribution in [0.15, 0.2) is 22.7 Å². The molecule has 0 aliphatic carbocycles. The minimum Gasteiger partial charge on any atom is -0.331 e. The Kier molecular flexibility index (Phi) is 3.61. The number of rotatable bonds is 4. The van der Waals surface area contributed by atoms with Gasteiger partial charge in [0.2, 0.25) is 0 Å². The molecule has 0 fully saturated rings. The standard InChI is InChI=1S/C12H16BrN3/c1-14-7-3-4-12-15-10-8-9(13)5-6-11(10)16(12)2/h5-6,8,14H,3-4,7H2,1-2H3. The first-order chi connectivity index (χ1) is 7.72. The Morgan fingerprint density at radius 2 is 2.25 bits per heavy atom. The Labute approximate surface area is 104 Å². The summed E-state index contributed by atoms with van der Waals surface area (Å²) < 4.78 is 3.26. The van der Waals surface area contributed by atoms with Gasteiger partial charge in [-0.15, -0.1) is 0 Å². The second-order valence-electron chi connectivity index (χ2n) is 3.93. The third-order valence-corrected chi connectivity index (χ3v) is 3.26. The smallest absolute Gasteiger partial charge is 0.109 e. The second kappa shape index (κ2) is 4.97. The number of nitrogens with zero attached hydrogens (tertiary/aromatic N) is 2. The molecule has 0 aliphatic heterocycles. The van der Waals surface area contributed by atoms with E-state index in [9.17, 15) is 0 Å². The van der Waals surface area contributed by atoms with Crippen LogP contribution < -0.4 is 5.32 Å². The molecule has 2 rings (SSSR count). The van der Waals surface area contributed by atoms with Crippen LogP contribution in [0.3, 0.4) is 0 Å². The Bertz CT molecular complexity index is 490. The zero-order valence-electron chi connectivity index (χ0n) is 9.63. The average Bonchev–Trinajstić information content (AvgIpc) is 2.56. The topological polar surface area (TPSA) is 29.9 Å². The Morgan fingerprint density at radius 1 is 1.44 bits per heavy atom. The Morgan fingerprint density at radius 3 is 3.00 bits per heavy atom. The molecule has 1 N–H and O–H groups in total. The second-order valence-corrected chi connectivity index (χ2v) is 4.84. The van der Waals surface area contributed by atoms with Gasteiger partial charge in [-0.25, -0.2) is 4.98 Å². The maximum absolute atomic E-state index is 4.65. The number of hydrogen-bond acceptors (Lipinski definition) is 2. The van der Waals surface area contributed by atoms with E-state index in [1.807, 2.05) is 7.05 Å². The molecule has 4 heteroatoms. The highest BCUT2D eigenvalue weighted by Gasteiger charge is 2.07. The van der Waals surface area contributed by atoms with Crippen LogP contribution in [-0.4, -0.2) is 23.1 Å². The average molecular weight is 282 g/mol. The van der Waals surface area contributed by atoms with Gasteiger partial charge in [-0.05, 0) is 38.2 Å². The van der Waals surface area contributed by atoms with E-state index < -0.39 is 0 Å². The molecule has 2 aromatic rings. The predicted octanol–water partition coefficient (Wildman–Crippen LogP) is 2.49. The highest BCUT2D eigenvalue weighted by molar-refractivity contribution is 9.10. The lowest BCUT2D eigenvalue weighted by molar-refractivity contribution is 0.685. The molecule has 86 valence electrons. The van der Waals surface area contributed by atoms with E-state index in [0.717, 1.165) is 35.2 Å². The van der Waals surface area contributed by atoms with Gasteiger partial charge in [0.1, 0.15) is 5.82 Å². The fourth-order valence-electron chi connectivity index (χ4n) is 1.87. The van der Waals surface area contributed by atoms with Gasteiger partial charge in [-0.1, -0.05) is 15.9 Å². The van der Waals surface area contributed by atoms with Gasteiger partial charge in [-0.3, -0.25) is 0 Å². The summed E-state index contributed by atoms with van der Waals surface area (Å²) in [6.07, 6.45) is 2.14. The highest BCUT2D eigenvalue weighted by atomic mass is 79.9. The minimum absolute atomic E-state index is 1.02. The van der Waals surface area contributed by atoms with Crippen molar-refractivity contribution >= 4 is 27.0 Å². The molecule has 3 nitrogen and oxygen atoms in total. The van der Waals surface area contributed by atoms with Crippen LogP contribution in [0.5, 0.6) is 0 Å². The van der Waals surface area contributed by atoms with Crippen molar-refractivity contribution < 1.29 is 0 Å². The van der Waals surface area contributed by atoms with Crippen LogP contribution in [0.2, 0.25) is 0 Å². The van der Waals surface area contributed by atoms with E-state index in [1.165, 1.54) is 5.52 Å². The molecule has 16 heavy (non-hydrogen) atoms. The van der Waals surface area contributed by atoms with Gasteiger partial charge in [0.05, 0.1) is 11.0 Å². The normalized spacial score (nSPS) is 11.2. The number of aromatic nitrogens is 2. The fraction of sp³-hybridized carbons (Fsp3) is 0.417. The van der Waals surface area contributed by atoms with Crippen molar-refractivity contribution in [1.82, 2.24) is 14.9 Å². The molecule has 0 spiro atoms. The van der Waals surface area contributed by atoms with E-state index in [2.05, 4.69) is 56.0 Å². The van der Waals surface area contributed by atoms with E-state index in [4.69, 9.17) is 0 Å². The quantitative estimate of drug-likeness (QED) is 0.873. The summed E-state index contributed by atoms with van der Waals surface area (Å²) in [5.41, 5.74) is 2.26. The summed E-state index contributed by atoms with van der Waals surface area (Å²) in [4.78, 5) is 4.65. The lowest BCUT2D eigenvalue weighted by atomic mass is 10.3. The van der Waals surface area contributed by atoms with Crippen molar-refractivity contribution in [1.29, 1.82) is 0 Å². The maximum Gasteiger partial charge on any atom is 0.109 e. The van der Waals surface area contributed by atoms with Crippen molar-refractivity contribution in [3.63, 3.8) is 0 Å². The molecule has 0 unspecified atom stereocenters. The van der Waals surface area contributed by atoms with Crippen molar-refractivity contribution in [2.24, 2.45) is 7.05 Å². The maximum atomic E-state index is 4.65. The predicted molar refractivity (Wildman–Crippen MR) is 70.7 cm³/mol. The summed E-state index contributed by atoms with van der Waals surface area (Å²) in [5.74, 6) is 1.16. The first-order valence-electron chi connectivity index (χ1n) is 5.48. The number of nitrogens with one attached hydrogen (secondary N) is 1. The van der Waals surface area contributed by atoms with Gasteiger partial charge < -0.3 is 9.88 Å². The van der Waals surface area contributed by atoms with Crippen LogP contribution in [-0.2, 0) is 13.5 Å². The number of benzene rings is 1. The van der Waals surface area contributed by atoms with E-state index in [-0.39, 0.29) is 0 Å². The molecule has 1 aromatic carbocycles. The zero-order valence-corrected chi connectivity index (χ0v) is 11.2. The molecule has 0 saturated heterocycles. The fourth-order valence-corrected chi connectivity index (χ4v) is 2.22. The molecular formula is C12H16BrN3. The van der Waals surface area contributed by atoms with Gasteiger partial charge >= 0.3 is 0 Å². The lowest BCUT2D eigenvalue weighted by Gasteiger charge is -2.01. The molecule has 0 saturated carbocycles. The molecular weight excluding hydrogens is 266 g/mol. The third kappa shape index (κ3) is 2.28. The number of aryl methyl sites for hydroxylation is 2. The van der Waals surface area contributed by atoms with Gasteiger partial charge in [0.15, 0.2) is 0 Å². The molecule has 0 aliphatic rings. The number of hydrogen-bond donors (Lipinski definition) is 1. The minimum atomic E-state index is 1.02. The van der Waals surface area contributed by atoms with E-state index in [0.29, 0.717) is 0 Å². The van der Waals surface area contributed by atoms with Gasteiger partial charge in [0.25, 0.3) is 0 Å². The SMILES string of the molecule is CNCCCc1nc2cc(Br)ccc2n1C. The van der Waals surface area contributed by atoms with Crippen LogP contribution in [0.25, 0.3) is 11.0 Å². The first-order valence-corrected chi connectivity index (χ1v) is 6.27. The van der Waals surface area contributed by atoms with Crippen LogP contribution >= 0.6 is 15.9 Å². The monoisotopic (exact) mass is 281 g/mol. The molecule has 0 radical (unpaired) electrons. The molecule has 0 amide bonds. The zero-order chi connectivity index (χ0) is 11.5. The van der Waals surface area contributed by atoms with Crippen molar-refractivity contribution in [2.45, 2.75) is 12.8 Å². The van der Waals surface area contributed by atoms with Crippen LogP contribution in [0.4, 0.5) is 0 Å². The number of imidazole rings is 1. The summed E-state index contributed by atoms with van der Waals surface area (Å²) in [6.45, 7) is 1.03. The largest absolute Gasteiger partial charge is 0.331 e. The molecule has 0 bridgehead atoms. The molecule has 0 atom stereocenters. The third-order valence-electron chi connectivity index (χ3n) is 2.76. The van der Waals surface area contributed by atoms with Crippen LogP contribution in [0.1, 0.15) is 12.2 Å². The summed E-state index contributed by atoms with van der Waals surface area (Å²) in [5, 5.41) is 3.16. The van der Waals surface area contributed by atoms with Crippen molar-refractivity contribution in [3.05, 3.63) is 28.5 Å². The summed E-state index contributed by atoms with van der Waals surface area (Å²) in [7, 11) is 4.06. The summed E-state index contributed by atoms with van der Waals surface area (Å²) in [6, 6.07) is 6.23. The lowest BCUT2D eigenvalue weighted by Crippen LogP contribution is -2.09. The molecule has 1 aromatic heterocycles. The van der Waals surface area contributed by atoms with Crippen molar-refractivity contribution in [3.8, 4) is 0 Å². The molecule has 1 heterocycles. The highest BCUT2D eigenvalue weighted by Crippen LogP contribution is 2.20. The van der Waals surface area contributed by atoms with Crippen molar-refractivity contribution in [2.75, 3.05) is 13.6 Å². The van der Waals surface area contributed by atoms with Gasteiger partial charge in [0, 0.05) is 17.9 Å². The Balaban J connectivity index is 2.29.